The predicted molar refractivity (Wildman–Crippen MR) is 122 cm³/mol. The second-order valence-electron chi connectivity index (χ2n) is 10.3. The fraction of sp³-hybridized carbons (Fsp3) is 0.952. The van der Waals surface area contributed by atoms with Gasteiger partial charge in [0.1, 0.15) is 0 Å². The molecule has 0 radical (unpaired) electrons. The van der Waals surface area contributed by atoms with E-state index in [0.717, 1.165) is 0 Å². The van der Waals surface area contributed by atoms with Gasteiger partial charge in [-0.2, -0.15) is 0 Å². The molecule has 3 atom stereocenters. The van der Waals surface area contributed by atoms with Gasteiger partial charge in [-0.15, -0.1) is 0 Å². The molecule has 0 aromatic carbocycles. The van der Waals surface area contributed by atoms with Crippen LogP contribution in [0.25, 0.3) is 0 Å². The van der Waals surface area contributed by atoms with Gasteiger partial charge in [0.2, 0.25) is 0 Å². The monoisotopic (exact) mass is 416 g/mol. The number of ether oxygens (including phenoxy) is 1. The Balaban J connectivity index is 3.76. The standard InChI is InChI=1S/C21H45N2O2PSi/c1-14(2)22(15(3)4)26(23(16(5)6)17(7)8)21(27(11,12)13)18(9)19(21)20(24)25-10/h14-19H,1-13H3. The zero-order valence-corrected chi connectivity index (χ0v) is 22.0. The number of carbonyl (C=O) groups excluding carboxylic acids is 1. The minimum Gasteiger partial charge on any atom is -0.469 e. The van der Waals surface area contributed by atoms with Crippen LogP contribution in [0.1, 0.15) is 62.3 Å². The van der Waals surface area contributed by atoms with Gasteiger partial charge < -0.3 is 4.74 Å². The van der Waals surface area contributed by atoms with Gasteiger partial charge in [0.05, 0.1) is 21.1 Å². The number of esters is 1. The number of carbonyl (C=O) groups is 1. The zero-order valence-electron chi connectivity index (χ0n) is 20.1. The molecule has 0 aromatic rings. The average molecular weight is 417 g/mol. The fourth-order valence-electron chi connectivity index (χ4n) is 5.38. The number of hydrogen-bond donors (Lipinski definition) is 0. The molecule has 0 spiro atoms. The Morgan fingerprint density at radius 2 is 1.22 bits per heavy atom. The Hall–Kier alpha value is 0.0369. The molecule has 0 saturated heterocycles. The van der Waals surface area contributed by atoms with Crippen LogP contribution in [-0.4, -0.2) is 59.4 Å². The minimum atomic E-state index is -1.71. The lowest BCUT2D eigenvalue weighted by atomic mass is 10.3. The van der Waals surface area contributed by atoms with Gasteiger partial charge in [-0.25, -0.2) is 0 Å². The fourth-order valence-corrected chi connectivity index (χ4v) is 15.0. The molecular formula is C21H45N2O2PSi. The first-order chi connectivity index (χ1) is 12.2. The molecule has 0 amide bonds. The highest BCUT2D eigenvalue weighted by molar-refractivity contribution is 7.59. The van der Waals surface area contributed by atoms with Crippen LogP contribution in [0.15, 0.2) is 0 Å². The Labute approximate surface area is 171 Å². The van der Waals surface area contributed by atoms with Gasteiger partial charge in [0.25, 0.3) is 0 Å². The van der Waals surface area contributed by atoms with Crippen molar-refractivity contribution in [1.82, 2.24) is 9.34 Å². The Bertz CT molecular complexity index is 483. The molecule has 6 heteroatoms. The van der Waals surface area contributed by atoms with Crippen LogP contribution in [0.3, 0.4) is 0 Å². The summed E-state index contributed by atoms with van der Waals surface area (Å²) in [7, 11) is -0.810. The first kappa shape index (κ1) is 25.1. The van der Waals surface area contributed by atoms with Crippen LogP contribution in [0.2, 0.25) is 19.6 Å². The smallest absolute Gasteiger partial charge is 0.309 e. The Morgan fingerprint density at radius 1 is 0.889 bits per heavy atom. The van der Waals surface area contributed by atoms with Crippen molar-refractivity contribution < 1.29 is 9.53 Å². The maximum atomic E-state index is 12.8. The van der Waals surface area contributed by atoms with E-state index in [1.165, 1.54) is 0 Å². The van der Waals surface area contributed by atoms with E-state index in [0.29, 0.717) is 30.1 Å². The van der Waals surface area contributed by atoms with Gasteiger partial charge in [-0.1, -0.05) is 26.6 Å². The lowest BCUT2D eigenvalue weighted by Crippen LogP contribution is -2.54. The summed E-state index contributed by atoms with van der Waals surface area (Å²) in [5, 5.41) is 0. The number of methoxy groups -OCH3 is 1. The van der Waals surface area contributed by atoms with Crippen LogP contribution < -0.4 is 0 Å². The SMILES string of the molecule is COC(=O)C1C(C)C1(P(N(C(C)C)C(C)C)N(C(C)C)C(C)C)[Si](C)(C)C. The van der Waals surface area contributed by atoms with Crippen LogP contribution in [0, 0.1) is 11.8 Å². The molecular weight excluding hydrogens is 371 g/mol. The summed E-state index contributed by atoms with van der Waals surface area (Å²) in [4.78, 5) is 12.8. The molecule has 1 fully saturated rings. The molecule has 0 heterocycles. The van der Waals surface area contributed by atoms with Gasteiger partial charge in [-0.05, 0) is 61.3 Å². The number of hydrogen-bond acceptors (Lipinski definition) is 4. The first-order valence-electron chi connectivity index (χ1n) is 10.6. The molecule has 1 aliphatic carbocycles. The molecule has 160 valence electrons. The molecule has 27 heavy (non-hydrogen) atoms. The van der Waals surface area contributed by atoms with E-state index in [1.54, 1.807) is 7.11 Å². The Kier molecular flexibility index (Phi) is 8.18. The van der Waals surface area contributed by atoms with E-state index >= 15 is 0 Å². The maximum absolute atomic E-state index is 12.8. The molecule has 1 rings (SSSR count). The first-order valence-corrected chi connectivity index (χ1v) is 15.4. The van der Waals surface area contributed by atoms with Gasteiger partial charge in [-0.3, -0.25) is 14.1 Å². The van der Waals surface area contributed by atoms with Gasteiger partial charge in [0, 0.05) is 37.2 Å². The summed E-state index contributed by atoms with van der Waals surface area (Å²) < 4.78 is 10.8. The predicted octanol–water partition coefficient (Wildman–Crippen LogP) is 5.59. The van der Waals surface area contributed by atoms with E-state index in [9.17, 15) is 4.79 Å². The van der Waals surface area contributed by atoms with Crippen molar-refractivity contribution in [2.75, 3.05) is 7.11 Å². The molecule has 0 aromatic heterocycles. The van der Waals surface area contributed by atoms with Crippen molar-refractivity contribution in [3.05, 3.63) is 0 Å². The third kappa shape index (κ3) is 4.32. The zero-order chi connectivity index (χ0) is 21.5. The summed E-state index contributed by atoms with van der Waals surface area (Å²) in [6.07, 6.45) is 0. The maximum Gasteiger partial charge on any atom is 0.309 e. The van der Waals surface area contributed by atoms with Crippen molar-refractivity contribution in [2.45, 2.75) is 111 Å². The lowest BCUT2D eigenvalue weighted by molar-refractivity contribution is -0.142. The van der Waals surface area contributed by atoms with E-state index in [2.05, 4.69) is 91.3 Å². The molecule has 3 unspecified atom stereocenters. The topological polar surface area (TPSA) is 32.8 Å². The van der Waals surface area contributed by atoms with Crippen molar-refractivity contribution in [2.24, 2.45) is 11.8 Å². The molecule has 0 aliphatic heterocycles. The van der Waals surface area contributed by atoms with E-state index in [-0.39, 0.29) is 16.7 Å². The van der Waals surface area contributed by atoms with Crippen molar-refractivity contribution in [3.63, 3.8) is 0 Å². The lowest BCUT2D eigenvalue weighted by Gasteiger charge is -2.54. The van der Waals surface area contributed by atoms with E-state index in [1.807, 2.05) is 0 Å². The highest BCUT2D eigenvalue weighted by atomic mass is 31.1. The minimum absolute atomic E-state index is 0.00245. The second kappa shape index (κ2) is 8.81. The third-order valence-corrected chi connectivity index (χ3v) is 16.0. The summed E-state index contributed by atoms with van der Waals surface area (Å²) >= 11 is 0. The van der Waals surface area contributed by atoms with Gasteiger partial charge in [0.15, 0.2) is 0 Å². The Morgan fingerprint density at radius 3 is 1.44 bits per heavy atom. The van der Waals surface area contributed by atoms with E-state index in [4.69, 9.17) is 4.74 Å². The summed E-state index contributed by atoms with van der Waals surface area (Å²) in [6.45, 7) is 28.2. The highest BCUT2D eigenvalue weighted by Crippen LogP contribution is 2.78. The summed E-state index contributed by atoms with van der Waals surface area (Å²) in [5.74, 6) is 0.403. The van der Waals surface area contributed by atoms with Crippen LogP contribution >= 0.6 is 8.22 Å². The average Bonchev–Trinajstić information content (AvgIpc) is 3.10. The molecule has 4 nitrogen and oxygen atoms in total. The van der Waals surface area contributed by atoms with Crippen LogP contribution in [-0.2, 0) is 9.53 Å². The largest absolute Gasteiger partial charge is 0.469 e. The van der Waals surface area contributed by atoms with Crippen molar-refractivity contribution in [3.8, 4) is 0 Å². The third-order valence-electron chi connectivity index (χ3n) is 6.10. The second-order valence-corrected chi connectivity index (χ2v) is 18.3. The molecule has 1 saturated carbocycles. The van der Waals surface area contributed by atoms with Crippen LogP contribution in [0.5, 0.6) is 0 Å². The molecule has 0 N–H and O–H groups in total. The normalized spacial score (nSPS) is 26.4. The van der Waals surface area contributed by atoms with Crippen LogP contribution in [0.4, 0.5) is 0 Å². The van der Waals surface area contributed by atoms with Crippen molar-refractivity contribution >= 4 is 22.3 Å². The number of nitrogens with zero attached hydrogens (tertiary/aromatic N) is 2. The van der Waals surface area contributed by atoms with Crippen molar-refractivity contribution in [1.29, 1.82) is 0 Å². The van der Waals surface area contributed by atoms with E-state index < -0.39 is 16.3 Å². The number of rotatable bonds is 9. The quantitative estimate of drug-likeness (QED) is 0.279. The van der Waals surface area contributed by atoms with Gasteiger partial charge >= 0.3 is 5.97 Å². The summed E-state index contributed by atoms with van der Waals surface area (Å²) in [6, 6.07) is 1.76. The molecule has 0 bridgehead atoms. The molecule has 1 aliphatic rings. The highest BCUT2D eigenvalue weighted by Gasteiger charge is 2.77. The summed E-state index contributed by atoms with van der Waals surface area (Å²) in [5.41, 5.74) is 0.